The topological polar surface area (TPSA) is 107 Å². The Morgan fingerprint density at radius 1 is 1.37 bits per heavy atom. The molecule has 0 spiro atoms. The molecule has 3 aromatic rings. The van der Waals surface area contributed by atoms with E-state index in [4.69, 9.17) is 4.74 Å². The Labute approximate surface area is 175 Å². The summed E-state index contributed by atoms with van der Waals surface area (Å²) in [6.07, 6.45) is 2.26. The molecule has 30 heavy (non-hydrogen) atoms. The minimum absolute atomic E-state index is 0.175. The second-order valence-electron chi connectivity index (χ2n) is 7.52. The average molecular weight is 404 g/mol. The van der Waals surface area contributed by atoms with E-state index in [1.54, 1.807) is 13.2 Å². The second-order valence-corrected chi connectivity index (χ2v) is 7.52. The van der Waals surface area contributed by atoms with Gasteiger partial charge in [-0.05, 0) is 32.4 Å². The monoisotopic (exact) mass is 404 g/mol. The first kappa shape index (κ1) is 19.9. The number of rotatable bonds is 5. The maximum Gasteiger partial charge on any atom is 0.158 e. The van der Waals surface area contributed by atoms with Crippen LogP contribution in [0.2, 0.25) is 0 Å². The van der Waals surface area contributed by atoms with Gasteiger partial charge in [-0.2, -0.15) is 10.4 Å². The van der Waals surface area contributed by atoms with E-state index in [-0.39, 0.29) is 12.1 Å². The molecule has 4 rings (SSSR count). The molecule has 0 amide bonds. The van der Waals surface area contributed by atoms with Gasteiger partial charge in [0, 0.05) is 24.0 Å². The fraction of sp³-hybridized carbons (Fsp3) is 0.364. The zero-order valence-corrected chi connectivity index (χ0v) is 17.3. The van der Waals surface area contributed by atoms with Gasteiger partial charge in [-0.1, -0.05) is 12.1 Å². The van der Waals surface area contributed by atoms with Crippen molar-refractivity contribution in [3.05, 3.63) is 47.3 Å². The average Bonchev–Trinajstić information content (AvgIpc) is 3.21. The normalized spacial score (nSPS) is 17.0. The van der Waals surface area contributed by atoms with E-state index in [1.165, 1.54) is 0 Å². The van der Waals surface area contributed by atoms with Crippen molar-refractivity contribution in [1.29, 1.82) is 5.26 Å². The molecule has 1 aliphatic rings. The highest BCUT2D eigenvalue weighted by molar-refractivity contribution is 5.92. The molecular formula is C22H24N6O2. The van der Waals surface area contributed by atoms with Gasteiger partial charge in [-0.15, -0.1) is 5.10 Å². The van der Waals surface area contributed by atoms with Crippen molar-refractivity contribution >= 4 is 22.4 Å². The van der Waals surface area contributed by atoms with Crippen LogP contribution in [0, 0.1) is 18.3 Å². The lowest BCUT2D eigenvalue weighted by atomic mass is 10.0. The van der Waals surface area contributed by atoms with Gasteiger partial charge in [0.05, 0.1) is 47.9 Å². The summed E-state index contributed by atoms with van der Waals surface area (Å²) >= 11 is 0. The van der Waals surface area contributed by atoms with E-state index in [2.05, 4.69) is 31.5 Å². The summed E-state index contributed by atoms with van der Waals surface area (Å²) in [6.45, 7) is 5.26. The van der Waals surface area contributed by atoms with Crippen molar-refractivity contribution in [3.63, 3.8) is 0 Å². The number of nitrogens with one attached hydrogen (secondary N) is 1. The fourth-order valence-corrected chi connectivity index (χ4v) is 3.90. The first-order valence-electron chi connectivity index (χ1n) is 9.91. The lowest BCUT2D eigenvalue weighted by molar-refractivity contribution is 0.198. The summed E-state index contributed by atoms with van der Waals surface area (Å²) in [4.78, 5) is 6.74. The van der Waals surface area contributed by atoms with Crippen LogP contribution >= 0.6 is 0 Å². The second kappa shape index (κ2) is 8.13. The number of anilines is 2. The standard InChI is InChI=1S/C22H24N6O2/c1-13(18-6-4-5-15(10-23)21(18)30-3)25-22-19-9-16(28-8-7-17(29)12-28)11-24-20(19)14(2)26-27-22/h4-6,9,11,13,17,29H,7-8,12H2,1-3H3,(H,25,27)/t13-,17+/m1/s1. The number of aliphatic hydroxyl groups is 1. The third-order valence-corrected chi connectivity index (χ3v) is 5.49. The van der Waals surface area contributed by atoms with Crippen molar-refractivity contribution in [1.82, 2.24) is 15.2 Å². The molecule has 154 valence electrons. The van der Waals surface area contributed by atoms with E-state index in [1.807, 2.05) is 38.2 Å². The zero-order chi connectivity index (χ0) is 21.3. The third kappa shape index (κ3) is 3.60. The van der Waals surface area contributed by atoms with Gasteiger partial charge in [0.2, 0.25) is 0 Å². The summed E-state index contributed by atoms with van der Waals surface area (Å²) < 4.78 is 5.49. The molecule has 8 heteroatoms. The molecule has 3 heterocycles. The largest absolute Gasteiger partial charge is 0.495 e. The SMILES string of the molecule is COc1c(C#N)cccc1[C@@H](C)Nc1nnc(C)c2ncc(N3CC[C@H](O)C3)cc12. The molecule has 2 atom stereocenters. The Kier molecular flexibility index (Phi) is 5.38. The van der Waals surface area contributed by atoms with Gasteiger partial charge in [0.15, 0.2) is 5.82 Å². The number of para-hydroxylation sites is 1. The molecule has 1 aromatic carbocycles. The van der Waals surface area contributed by atoms with Crippen LogP contribution in [0.5, 0.6) is 5.75 Å². The fourth-order valence-electron chi connectivity index (χ4n) is 3.90. The molecule has 1 saturated heterocycles. The van der Waals surface area contributed by atoms with Gasteiger partial charge >= 0.3 is 0 Å². The zero-order valence-electron chi connectivity index (χ0n) is 17.3. The van der Waals surface area contributed by atoms with Crippen molar-refractivity contribution in [2.75, 3.05) is 30.4 Å². The Hall–Kier alpha value is -3.44. The summed E-state index contributed by atoms with van der Waals surface area (Å²) in [5.74, 6) is 1.16. The highest BCUT2D eigenvalue weighted by Gasteiger charge is 2.22. The number of ether oxygens (including phenoxy) is 1. The number of pyridine rings is 1. The van der Waals surface area contributed by atoms with E-state index in [0.717, 1.165) is 40.8 Å². The van der Waals surface area contributed by atoms with Crippen LogP contribution in [-0.2, 0) is 0 Å². The summed E-state index contributed by atoms with van der Waals surface area (Å²) in [5, 5.41) is 32.2. The lowest BCUT2D eigenvalue weighted by Crippen LogP contribution is -2.21. The van der Waals surface area contributed by atoms with Crippen LogP contribution in [0.4, 0.5) is 11.5 Å². The molecular weight excluding hydrogens is 380 g/mol. The first-order chi connectivity index (χ1) is 14.5. The van der Waals surface area contributed by atoms with Gasteiger partial charge in [-0.25, -0.2) is 0 Å². The van der Waals surface area contributed by atoms with Crippen molar-refractivity contribution in [3.8, 4) is 11.8 Å². The highest BCUT2D eigenvalue weighted by Crippen LogP contribution is 2.33. The number of aliphatic hydroxyl groups excluding tert-OH is 1. The number of nitrogens with zero attached hydrogens (tertiary/aromatic N) is 5. The van der Waals surface area contributed by atoms with E-state index in [0.29, 0.717) is 23.7 Å². The molecule has 8 nitrogen and oxygen atoms in total. The van der Waals surface area contributed by atoms with Gasteiger partial charge < -0.3 is 20.1 Å². The highest BCUT2D eigenvalue weighted by atomic mass is 16.5. The van der Waals surface area contributed by atoms with Crippen molar-refractivity contribution in [2.45, 2.75) is 32.4 Å². The number of methoxy groups -OCH3 is 1. The van der Waals surface area contributed by atoms with Crippen LogP contribution < -0.4 is 15.0 Å². The molecule has 2 aromatic heterocycles. The Morgan fingerprint density at radius 3 is 2.90 bits per heavy atom. The van der Waals surface area contributed by atoms with Crippen LogP contribution in [0.15, 0.2) is 30.5 Å². The van der Waals surface area contributed by atoms with Crippen molar-refractivity contribution < 1.29 is 9.84 Å². The molecule has 0 bridgehead atoms. The summed E-state index contributed by atoms with van der Waals surface area (Å²) in [7, 11) is 1.56. The molecule has 0 unspecified atom stereocenters. The molecule has 0 aliphatic carbocycles. The summed E-state index contributed by atoms with van der Waals surface area (Å²) in [6, 6.07) is 9.53. The Morgan fingerprint density at radius 2 is 2.20 bits per heavy atom. The number of hydrogen-bond acceptors (Lipinski definition) is 8. The number of hydrogen-bond donors (Lipinski definition) is 2. The van der Waals surface area contributed by atoms with E-state index >= 15 is 0 Å². The number of aryl methyl sites for hydroxylation is 1. The molecule has 1 aliphatic heterocycles. The van der Waals surface area contributed by atoms with Gasteiger partial charge in [0.25, 0.3) is 0 Å². The molecule has 1 fully saturated rings. The number of fused-ring (bicyclic) bond motifs is 1. The maximum absolute atomic E-state index is 9.88. The molecule has 2 N–H and O–H groups in total. The molecule has 0 saturated carbocycles. The minimum Gasteiger partial charge on any atom is -0.495 e. The Balaban J connectivity index is 1.72. The number of benzene rings is 1. The van der Waals surface area contributed by atoms with Crippen LogP contribution in [0.25, 0.3) is 10.9 Å². The minimum atomic E-state index is -0.310. The predicted octanol–water partition coefficient (Wildman–Crippen LogP) is 2.96. The number of β-amino-alcohol motifs (C(OH)–C–C–N with tert-alkyl or cyclic N) is 1. The van der Waals surface area contributed by atoms with Crippen molar-refractivity contribution in [2.24, 2.45) is 0 Å². The smallest absolute Gasteiger partial charge is 0.158 e. The number of nitriles is 1. The van der Waals surface area contributed by atoms with Gasteiger partial charge in [-0.3, -0.25) is 4.98 Å². The van der Waals surface area contributed by atoms with Crippen LogP contribution in [0.3, 0.4) is 0 Å². The van der Waals surface area contributed by atoms with E-state index < -0.39 is 0 Å². The Bertz CT molecular complexity index is 1130. The van der Waals surface area contributed by atoms with Gasteiger partial charge in [0.1, 0.15) is 11.8 Å². The first-order valence-corrected chi connectivity index (χ1v) is 9.91. The quantitative estimate of drug-likeness (QED) is 0.668. The predicted molar refractivity (Wildman–Crippen MR) is 115 cm³/mol. The van der Waals surface area contributed by atoms with Crippen LogP contribution in [-0.4, -0.2) is 46.6 Å². The summed E-state index contributed by atoms with van der Waals surface area (Å²) in [5.41, 5.74) is 3.83. The van der Waals surface area contributed by atoms with Crippen LogP contribution in [0.1, 0.15) is 36.2 Å². The number of aromatic nitrogens is 3. The third-order valence-electron chi connectivity index (χ3n) is 5.49. The lowest BCUT2D eigenvalue weighted by Gasteiger charge is -2.21. The maximum atomic E-state index is 9.88. The van der Waals surface area contributed by atoms with E-state index in [9.17, 15) is 10.4 Å². The molecule has 0 radical (unpaired) electrons.